The topological polar surface area (TPSA) is 49.4 Å². The predicted molar refractivity (Wildman–Crippen MR) is 110 cm³/mol. The minimum atomic E-state index is -0.271. The lowest BCUT2D eigenvalue weighted by atomic mass is 9.99. The van der Waals surface area contributed by atoms with Gasteiger partial charge in [0.25, 0.3) is 5.91 Å². The Morgan fingerprint density at radius 3 is 2.41 bits per heavy atom. The van der Waals surface area contributed by atoms with Crippen LogP contribution in [-0.4, -0.2) is 28.8 Å². The molecule has 2 fully saturated rings. The van der Waals surface area contributed by atoms with E-state index >= 15 is 0 Å². The van der Waals surface area contributed by atoms with E-state index in [4.69, 9.17) is 0 Å². The van der Waals surface area contributed by atoms with E-state index in [2.05, 4.69) is 5.32 Å². The van der Waals surface area contributed by atoms with Crippen molar-refractivity contribution in [1.29, 1.82) is 0 Å². The van der Waals surface area contributed by atoms with Gasteiger partial charge in [-0.2, -0.15) is 0 Å². The number of hydrogen-bond donors (Lipinski definition) is 1. The number of halogens is 1. The zero-order valence-electron chi connectivity index (χ0n) is 16.7. The normalized spacial score (nSPS) is 16.9. The zero-order valence-corrected chi connectivity index (χ0v) is 16.7. The summed E-state index contributed by atoms with van der Waals surface area (Å²) in [7, 11) is 0. The summed E-state index contributed by atoms with van der Waals surface area (Å²) in [5.41, 5.74) is 2.52. The number of hydrogen-bond acceptors (Lipinski definition) is 2. The molecule has 29 heavy (non-hydrogen) atoms. The summed E-state index contributed by atoms with van der Waals surface area (Å²) in [4.78, 5) is 27.2. The molecule has 0 spiro atoms. The van der Waals surface area contributed by atoms with Gasteiger partial charge in [-0.15, -0.1) is 0 Å². The van der Waals surface area contributed by atoms with Crippen LogP contribution in [0.3, 0.4) is 0 Å². The van der Waals surface area contributed by atoms with Gasteiger partial charge in [0.1, 0.15) is 5.82 Å². The third-order valence-corrected chi connectivity index (χ3v) is 5.60. The molecule has 1 unspecified atom stereocenters. The first-order valence-corrected chi connectivity index (χ1v) is 10.4. The molecule has 2 aromatic carbocycles. The molecular weight excluding hydrogens is 367 g/mol. The van der Waals surface area contributed by atoms with Gasteiger partial charge < -0.3 is 10.2 Å². The summed E-state index contributed by atoms with van der Waals surface area (Å²) in [5.74, 6) is -0.404. The zero-order chi connectivity index (χ0) is 20.4. The molecule has 2 amide bonds. The number of carbonyl (C=O) groups excluding carboxylic acids is 2. The van der Waals surface area contributed by atoms with E-state index in [0.717, 1.165) is 36.8 Å². The number of benzene rings is 2. The van der Waals surface area contributed by atoms with Gasteiger partial charge in [0.15, 0.2) is 0 Å². The highest BCUT2D eigenvalue weighted by Crippen LogP contribution is 2.30. The Balaban J connectivity index is 1.39. The third-order valence-electron chi connectivity index (χ3n) is 5.60. The maximum Gasteiger partial charge on any atom is 0.251 e. The Labute approximate surface area is 171 Å². The van der Waals surface area contributed by atoms with E-state index in [0.29, 0.717) is 24.6 Å². The van der Waals surface area contributed by atoms with Crippen molar-refractivity contribution in [3.8, 4) is 0 Å². The van der Waals surface area contributed by atoms with Crippen LogP contribution < -0.4 is 5.32 Å². The molecule has 0 radical (unpaired) electrons. The second-order valence-electron chi connectivity index (χ2n) is 8.38. The molecule has 0 aliphatic heterocycles. The largest absolute Gasteiger partial charge is 0.349 e. The third kappa shape index (κ3) is 5.22. The molecule has 1 N–H and O–H groups in total. The van der Waals surface area contributed by atoms with Gasteiger partial charge in [-0.1, -0.05) is 31.2 Å². The van der Waals surface area contributed by atoms with Gasteiger partial charge in [0, 0.05) is 30.1 Å². The summed E-state index contributed by atoms with van der Waals surface area (Å²) >= 11 is 0. The van der Waals surface area contributed by atoms with Gasteiger partial charge in [-0.3, -0.25) is 9.59 Å². The van der Waals surface area contributed by atoms with E-state index in [1.807, 2.05) is 42.2 Å². The molecular formula is C24H27FN2O2. The first-order valence-electron chi connectivity index (χ1n) is 10.4. The van der Waals surface area contributed by atoms with Gasteiger partial charge in [-0.05, 0) is 67.5 Å². The van der Waals surface area contributed by atoms with Crippen LogP contribution in [0.5, 0.6) is 0 Å². The molecule has 4 nitrogen and oxygen atoms in total. The highest BCUT2D eigenvalue weighted by atomic mass is 19.1. The number of amides is 2. The second kappa shape index (κ2) is 8.36. The van der Waals surface area contributed by atoms with Gasteiger partial charge in [0.2, 0.25) is 5.91 Å². The second-order valence-corrected chi connectivity index (χ2v) is 8.38. The Bertz CT molecular complexity index is 888. The molecule has 2 aliphatic rings. The molecule has 0 aromatic heterocycles. The van der Waals surface area contributed by atoms with Crippen LogP contribution in [-0.2, 0) is 17.8 Å². The Hall–Kier alpha value is -2.69. The fraction of sp³-hybridized carbons (Fsp3) is 0.417. The number of nitrogens with one attached hydrogen (secondary N) is 1. The maximum atomic E-state index is 13.4. The van der Waals surface area contributed by atoms with Crippen LogP contribution in [0.1, 0.15) is 54.1 Å². The predicted octanol–water partition coefficient (Wildman–Crippen LogP) is 4.09. The lowest BCUT2D eigenvalue weighted by Gasteiger charge is -2.26. The highest BCUT2D eigenvalue weighted by molar-refractivity contribution is 5.94. The fourth-order valence-corrected chi connectivity index (χ4v) is 3.62. The first-order chi connectivity index (χ1) is 14.0. The molecule has 5 heteroatoms. The number of nitrogens with zero attached hydrogens (tertiary/aromatic N) is 1. The van der Waals surface area contributed by atoms with Crippen LogP contribution in [0.15, 0.2) is 48.5 Å². The SMILES string of the molecule is CC(Cc1cccc(F)c1)C(=O)N(Cc1ccc(C(=O)NC2CC2)cc1)C1CC1. The smallest absolute Gasteiger partial charge is 0.251 e. The molecule has 1 atom stereocenters. The van der Waals surface area contributed by atoms with Crippen LogP contribution in [0.4, 0.5) is 4.39 Å². The van der Waals surface area contributed by atoms with Crippen LogP contribution in [0, 0.1) is 11.7 Å². The molecule has 4 rings (SSSR count). The molecule has 0 heterocycles. The Kier molecular flexibility index (Phi) is 5.65. The van der Waals surface area contributed by atoms with Crippen molar-refractivity contribution < 1.29 is 14.0 Å². The highest BCUT2D eigenvalue weighted by Gasteiger charge is 2.34. The van der Waals surface area contributed by atoms with Crippen LogP contribution in [0.2, 0.25) is 0 Å². The number of rotatable bonds is 8. The van der Waals surface area contributed by atoms with Crippen molar-refractivity contribution in [3.63, 3.8) is 0 Å². The quantitative estimate of drug-likeness (QED) is 0.733. The fourth-order valence-electron chi connectivity index (χ4n) is 3.62. The molecule has 2 saturated carbocycles. The molecule has 152 valence electrons. The van der Waals surface area contributed by atoms with Crippen molar-refractivity contribution in [2.45, 2.75) is 57.7 Å². The van der Waals surface area contributed by atoms with Crippen molar-refractivity contribution in [2.75, 3.05) is 0 Å². The van der Waals surface area contributed by atoms with Gasteiger partial charge >= 0.3 is 0 Å². The summed E-state index contributed by atoms with van der Waals surface area (Å²) in [6.07, 6.45) is 4.72. The molecule has 0 bridgehead atoms. The molecule has 2 aromatic rings. The number of carbonyl (C=O) groups is 2. The van der Waals surface area contributed by atoms with Crippen molar-refractivity contribution in [2.24, 2.45) is 5.92 Å². The van der Waals surface area contributed by atoms with E-state index < -0.39 is 0 Å². The average molecular weight is 394 g/mol. The molecule has 2 aliphatic carbocycles. The van der Waals surface area contributed by atoms with Gasteiger partial charge in [-0.25, -0.2) is 4.39 Å². The van der Waals surface area contributed by atoms with Crippen molar-refractivity contribution in [3.05, 3.63) is 71.0 Å². The van der Waals surface area contributed by atoms with Crippen molar-refractivity contribution in [1.82, 2.24) is 10.2 Å². The van der Waals surface area contributed by atoms with E-state index in [1.54, 1.807) is 6.07 Å². The van der Waals surface area contributed by atoms with E-state index in [-0.39, 0.29) is 29.6 Å². The van der Waals surface area contributed by atoms with Crippen LogP contribution in [0.25, 0.3) is 0 Å². The minimum absolute atomic E-state index is 0.0297. The minimum Gasteiger partial charge on any atom is -0.349 e. The molecule has 0 saturated heterocycles. The summed E-state index contributed by atoms with van der Waals surface area (Å²) in [5, 5.41) is 2.99. The van der Waals surface area contributed by atoms with E-state index in [1.165, 1.54) is 12.1 Å². The lowest BCUT2D eigenvalue weighted by molar-refractivity contribution is -0.136. The van der Waals surface area contributed by atoms with Gasteiger partial charge in [0.05, 0.1) is 0 Å². The summed E-state index contributed by atoms with van der Waals surface area (Å²) in [6.45, 7) is 2.45. The Morgan fingerprint density at radius 2 is 1.79 bits per heavy atom. The monoisotopic (exact) mass is 394 g/mol. The Morgan fingerprint density at radius 1 is 1.07 bits per heavy atom. The summed E-state index contributed by atoms with van der Waals surface area (Å²) in [6, 6.07) is 14.6. The van der Waals surface area contributed by atoms with E-state index in [9.17, 15) is 14.0 Å². The van der Waals surface area contributed by atoms with Crippen molar-refractivity contribution >= 4 is 11.8 Å². The lowest BCUT2D eigenvalue weighted by Crippen LogP contribution is -2.37. The maximum absolute atomic E-state index is 13.4. The summed E-state index contributed by atoms with van der Waals surface area (Å²) < 4.78 is 13.4. The first kappa shape index (κ1) is 19.6. The average Bonchev–Trinajstić information content (AvgIpc) is 3.60. The van der Waals surface area contributed by atoms with Crippen LogP contribution >= 0.6 is 0 Å². The standard InChI is InChI=1S/C24H27FN2O2/c1-16(13-18-3-2-4-20(25)14-18)24(29)27(22-11-12-22)15-17-5-7-19(8-6-17)23(28)26-21-9-10-21/h2-8,14,16,21-22H,9-13,15H2,1H3,(H,26,28).